The zero-order chi connectivity index (χ0) is 14.7. The molecule has 0 atom stereocenters. The van der Waals surface area contributed by atoms with E-state index in [1.54, 1.807) is 0 Å². The summed E-state index contributed by atoms with van der Waals surface area (Å²) in [7, 11) is 1.94. The number of aryl methyl sites for hydroxylation is 2. The quantitative estimate of drug-likeness (QED) is 0.838. The summed E-state index contributed by atoms with van der Waals surface area (Å²) in [5, 5.41) is 4.38. The lowest BCUT2D eigenvalue weighted by Crippen LogP contribution is -2.05. The fraction of sp³-hybridized carbons (Fsp3) is 0.375. The van der Waals surface area contributed by atoms with Crippen LogP contribution in [0.25, 0.3) is 0 Å². The molecule has 0 aliphatic rings. The van der Waals surface area contributed by atoms with Crippen LogP contribution in [0.15, 0.2) is 28.7 Å². The summed E-state index contributed by atoms with van der Waals surface area (Å²) in [5.41, 5.74) is 4.44. The molecule has 1 aromatic carbocycles. The van der Waals surface area contributed by atoms with Gasteiger partial charge in [0.25, 0.3) is 0 Å². The van der Waals surface area contributed by atoms with Crippen molar-refractivity contribution in [2.75, 3.05) is 0 Å². The van der Waals surface area contributed by atoms with Gasteiger partial charge in [-0.05, 0) is 43.5 Å². The zero-order valence-electron chi connectivity index (χ0n) is 12.1. The topological polar surface area (TPSA) is 34.9 Å². The average molecular weight is 335 g/mol. The van der Waals surface area contributed by atoms with Crippen molar-refractivity contribution >= 4 is 21.7 Å². The monoisotopic (exact) mass is 334 g/mol. The molecule has 3 nitrogen and oxygen atoms in total. The van der Waals surface area contributed by atoms with Crippen LogP contribution in [0.1, 0.15) is 28.9 Å². The standard InChI is InChI=1S/C16H19BrN2O/c1-11-16(12(2)19(3)18-11)8-7-15(20)10-13-5-4-6-14(17)9-13/h4-6,9H,7-8,10H2,1-3H3. The number of benzene rings is 1. The third-order valence-corrected chi connectivity index (χ3v) is 4.10. The van der Waals surface area contributed by atoms with Crippen molar-refractivity contribution < 1.29 is 4.79 Å². The van der Waals surface area contributed by atoms with E-state index in [2.05, 4.69) is 21.0 Å². The van der Waals surface area contributed by atoms with Gasteiger partial charge in [-0.1, -0.05) is 28.1 Å². The molecule has 106 valence electrons. The molecule has 0 N–H and O–H groups in total. The van der Waals surface area contributed by atoms with Crippen LogP contribution in [-0.4, -0.2) is 15.6 Å². The van der Waals surface area contributed by atoms with Crippen molar-refractivity contribution in [3.8, 4) is 0 Å². The highest BCUT2D eigenvalue weighted by Gasteiger charge is 2.11. The lowest BCUT2D eigenvalue weighted by atomic mass is 10.0. The van der Waals surface area contributed by atoms with Crippen LogP contribution >= 0.6 is 15.9 Å². The Bertz CT molecular complexity index is 631. The minimum absolute atomic E-state index is 0.269. The fourth-order valence-electron chi connectivity index (χ4n) is 2.41. The second-order valence-electron chi connectivity index (χ2n) is 5.12. The lowest BCUT2D eigenvalue weighted by molar-refractivity contribution is -0.118. The first-order chi connectivity index (χ1) is 9.47. The molecule has 0 aliphatic heterocycles. The van der Waals surface area contributed by atoms with E-state index in [0.717, 1.165) is 27.8 Å². The Kier molecular flexibility index (Phi) is 4.76. The smallest absolute Gasteiger partial charge is 0.137 e. The second kappa shape index (κ2) is 6.35. The summed E-state index contributed by atoms with van der Waals surface area (Å²) in [6, 6.07) is 7.92. The predicted molar refractivity (Wildman–Crippen MR) is 83.9 cm³/mol. The van der Waals surface area contributed by atoms with Crippen molar-refractivity contribution in [3.05, 3.63) is 51.3 Å². The Morgan fingerprint density at radius 3 is 2.70 bits per heavy atom. The first-order valence-corrected chi connectivity index (χ1v) is 7.52. The number of carbonyl (C=O) groups excluding carboxylic acids is 1. The van der Waals surface area contributed by atoms with Gasteiger partial charge in [0.2, 0.25) is 0 Å². The maximum atomic E-state index is 12.1. The maximum absolute atomic E-state index is 12.1. The summed E-state index contributed by atoms with van der Waals surface area (Å²) < 4.78 is 2.89. The van der Waals surface area contributed by atoms with Crippen LogP contribution in [-0.2, 0) is 24.7 Å². The largest absolute Gasteiger partial charge is 0.299 e. The van der Waals surface area contributed by atoms with E-state index >= 15 is 0 Å². The molecule has 0 radical (unpaired) electrons. The zero-order valence-corrected chi connectivity index (χ0v) is 13.7. The number of hydrogen-bond donors (Lipinski definition) is 0. The molecule has 0 aliphatic carbocycles. The van der Waals surface area contributed by atoms with E-state index in [1.165, 1.54) is 5.56 Å². The number of nitrogens with zero attached hydrogens (tertiary/aromatic N) is 2. The first-order valence-electron chi connectivity index (χ1n) is 6.72. The van der Waals surface area contributed by atoms with Crippen LogP contribution in [0, 0.1) is 13.8 Å². The molecule has 0 amide bonds. The van der Waals surface area contributed by atoms with Crippen molar-refractivity contribution in [2.24, 2.45) is 7.05 Å². The Morgan fingerprint density at radius 2 is 2.10 bits per heavy atom. The van der Waals surface area contributed by atoms with Crippen molar-refractivity contribution in [1.29, 1.82) is 0 Å². The fourth-order valence-corrected chi connectivity index (χ4v) is 2.85. The number of Topliss-reactive ketones (excluding diaryl/α,β-unsaturated/α-hetero) is 1. The average Bonchev–Trinajstić information content (AvgIpc) is 2.61. The van der Waals surface area contributed by atoms with Gasteiger partial charge in [-0.3, -0.25) is 9.48 Å². The number of hydrogen-bond acceptors (Lipinski definition) is 2. The molecule has 2 rings (SSSR count). The molecule has 0 spiro atoms. The molecule has 1 aromatic heterocycles. The van der Waals surface area contributed by atoms with Gasteiger partial charge in [-0.2, -0.15) is 5.10 Å². The molecule has 0 bridgehead atoms. The van der Waals surface area contributed by atoms with Gasteiger partial charge in [-0.25, -0.2) is 0 Å². The Balaban J connectivity index is 1.96. The highest BCUT2D eigenvalue weighted by Crippen LogP contribution is 2.16. The molecule has 4 heteroatoms. The summed E-state index contributed by atoms with van der Waals surface area (Å²) in [4.78, 5) is 12.1. The van der Waals surface area contributed by atoms with Crippen LogP contribution in [0.2, 0.25) is 0 Å². The van der Waals surface area contributed by atoms with Gasteiger partial charge in [0, 0.05) is 30.1 Å². The third kappa shape index (κ3) is 3.57. The Labute approximate surface area is 128 Å². The second-order valence-corrected chi connectivity index (χ2v) is 6.03. The highest BCUT2D eigenvalue weighted by atomic mass is 79.9. The predicted octanol–water partition coefficient (Wildman–Crippen LogP) is 3.54. The molecule has 0 saturated carbocycles. The van der Waals surface area contributed by atoms with E-state index in [-0.39, 0.29) is 5.78 Å². The van der Waals surface area contributed by atoms with E-state index in [0.29, 0.717) is 12.8 Å². The van der Waals surface area contributed by atoms with Crippen LogP contribution in [0.5, 0.6) is 0 Å². The van der Waals surface area contributed by atoms with Crippen LogP contribution in [0.3, 0.4) is 0 Å². The van der Waals surface area contributed by atoms with Gasteiger partial charge >= 0.3 is 0 Å². The maximum Gasteiger partial charge on any atom is 0.137 e. The van der Waals surface area contributed by atoms with Crippen LogP contribution < -0.4 is 0 Å². The van der Waals surface area contributed by atoms with Gasteiger partial charge in [-0.15, -0.1) is 0 Å². The third-order valence-electron chi connectivity index (χ3n) is 3.60. The normalized spacial score (nSPS) is 10.8. The molecular weight excluding hydrogens is 316 g/mol. The van der Waals surface area contributed by atoms with E-state index in [9.17, 15) is 4.79 Å². The Hall–Kier alpha value is -1.42. The van der Waals surface area contributed by atoms with Crippen molar-refractivity contribution in [2.45, 2.75) is 33.1 Å². The number of aromatic nitrogens is 2. The SMILES string of the molecule is Cc1nn(C)c(C)c1CCC(=O)Cc1cccc(Br)c1. The molecule has 0 saturated heterocycles. The number of halogens is 1. The summed E-state index contributed by atoms with van der Waals surface area (Å²) in [5.74, 6) is 0.269. The molecule has 0 unspecified atom stereocenters. The highest BCUT2D eigenvalue weighted by molar-refractivity contribution is 9.10. The number of carbonyl (C=O) groups is 1. The summed E-state index contributed by atoms with van der Waals surface area (Å²) in [6.45, 7) is 4.05. The van der Waals surface area contributed by atoms with Gasteiger partial charge < -0.3 is 0 Å². The molecular formula is C16H19BrN2O. The number of rotatable bonds is 5. The molecule has 20 heavy (non-hydrogen) atoms. The molecule has 2 aromatic rings. The lowest BCUT2D eigenvalue weighted by Gasteiger charge is -2.03. The van der Waals surface area contributed by atoms with Crippen molar-refractivity contribution in [1.82, 2.24) is 9.78 Å². The summed E-state index contributed by atoms with van der Waals surface area (Å²) in [6.07, 6.45) is 1.84. The van der Waals surface area contributed by atoms with Gasteiger partial charge in [0.1, 0.15) is 5.78 Å². The van der Waals surface area contributed by atoms with E-state index < -0.39 is 0 Å². The minimum atomic E-state index is 0.269. The minimum Gasteiger partial charge on any atom is -0.299 e. The van der Waals surface area contributed by atoms with E-state index in [1.807, 2.05) is 49.8 Å². The summed E-state index contributed by atoms with van der Waals surface area (Å²) >= 11 is 3.43. The van der Waals surface area contributed by atoms with Crippen LogP contribution in [0.4, 0.5) is 0 Å². The van der Waals surface area contributed by atoms with E-state index in [4.69, 9.17) is 0 Å². The first kappa shape index (κ1) is 15.0. The van der Waals surface area contributed by atoms with Crippen molar-refractivity contribution in [3.63, 3.8) is 0 Å². The van der Waals surface area contributed by atoms with Gasteiger partial charge in [0.15, 0.2) is 0 Å². The van der Waals surface area contributed by atoms with Gasteiger partial charge in [0.05, 0.1) is 5.69 Å². The number of ketones is 1. The molecule has 1 heterocycles. The Morgan fingerprint density at radius 1 is 1.35 bits per heavy atom. The molecule has 0 fully saturated rings.